The van der Waals surface area contributed by atoms with Crippen molar-refractivity contribution < 1.29 is 9.50 Å². The van der Waals surface area contributed by atoms with Crippen molar-refractivity contribution in [3.8, 4) is 0 Å². The Labute approximate surface area is 92.7 Å². The zero-order valence-electron chi connectivity index (χ0n) is 9.55. The molecular formula is C13H23FO. The highest BCUT2D eigenvalue weighted by Crippen LogP contribution is 2.23. The summed E-state index contributed by atoms with van der Waals surface area (Å²) in [4.78, 5) is 0. The molecule has 0 fully saturated rings. The highest BCUT2D eigenvalue weighted by atomic mass is 19.2. The van der Waals surface area contributed by atoms with Crippen LogP contribution in [0.2, 0.25) is 0 Å². The lowest BCUT2D eigenvalue weighted by atomic mass is 10.0. The molecular weight excluding hydrogens is 191 g/mol. The van der Waals surface area contributed by atoms with Gasteiger partial charge in [-0.2, -0.15) is 0 Å². The van der Waals surface area contributed by atoms with Crippen LogP contribution < -0.4 is 0 Å². The van der Waals surface area contributed by atoms with Gasteiger partial charge in [0.05, 0.1) is 0 Å². The van der Waals surface area contributed by atoms with Gasteiger partial charge in [-0.1, -0.05) is 12.2 Å². The zero-order chi connectivity index (χ0) is 11.6. The van der Waals surface area contributed by atoms with E-state index in [9.17, 15) is 9.50 Å². The quantitative estimate of drug-likeness (QED) is 0.428. The van der Waals surface area contributed by atoms with Crippen LogP contribution in [-0.4, -0.2) is 11.0 Å². The molecule has 0 saturated heterocycles. The number of hydrogen-bond donors (Lipinski definition) is 1. The average molecular weight is 214 g/mol. The zero-order valence-corrected chi connectivity index (χ0v) is 9.55. The van der Waals surface area contributed by atoms with E-state index in [1.165, 1.54) is 0 Å². The van der Waals surface area contributed by atoms with Gasteiger partial charge in [-0.3, -0.25) is 0 Å². The second-order valence-corrected chi connectivity index (χ2v) is 3.99. The molecule has 0 aliphatic carbocycles. The molecule has 0 unspecified atom stereocenters. The van der Waals surface area contributed by atoms with E-state index in [0.717, 1.165) is 38.5 Å². The lowest BCUT2D eigenvalue weighted by molar-refractivity contribution is -0.103. The van der Waals surface area contributed by atoms with Crippen LogP contribution >= 0.6 is 0 Å². The Morgan fingerprint density at radius 1 is 0.933 bits per heavy atom. The summed E-state index contributed by atoms with van der Waals surface area (Å²) in [7, 11) is 0. The van der Waals surface area contributed by atoms with Crippen molar-refractivity contribution in [2.24, 2.45) is 0 Å². The van der Waals surface area contributed by atoms with Gasteiger partial charge in [0, 0.05) is 12.8 Å². The smallest absolute Gasteiger partial charge is 0.206 e. The largest absolute Gasteiger partial charge is 0.362 e. The SMILES string of the molecule is C=CCCCCC(O)(F)CCCCC=C. The standard InChI is InChI=1S/C13H23FO/c1-3-5-7-9-11-13(14,15)12-10-8-6-4-2/h3-4,15H,1-2,5-12H2. The van der Waals surface area contributed by atoms with Crippen LogP contribution in [0.3, 0.4) is 0 Å². The topological polar surface area (TPSA) is 20.2 Å². The van der Waals surface area contributed by atoms with Crippen LogP contribution in [0.15, 0.2) is 25.3 Å². The maximum Gasteiger partial charge on any atom is 0.206 e. The molecule has 2 heteroatoms. The number of rotatable bonds is 10. The van der Waals surface area contributed by atoms with E-state index < -0.39 is 5.85 Å². The predicted molar refractivity (Wildman–Crippen MR) is 63.4 cm³/mol. The van der Waals surface area contributed by atoms with Gasteiger partial charge >= 0.3 is 0 Å². The first-order valence-electron chi connectivity index (χ1n) is 5.75. The normalized spacial score (nSPS) is 11.3. The number of hydrogen-bond acceptors (Lipinski definition) is 1. The van der Waals surface area contributed by atoms with Crippen molar-refractivity contribution in [1.29, 1.82) is 0 Å². The van der Waals surface area contributed by atoms with Crippen LogP contribution in [-0.2, 0) is 0 Å². The molecule has 0 aromatic heterocycles. The molecule has 0 aromatic carbocycles. The Balaban J connectivity index is 3.47. The van der Waals surface area contributed by atoms with Crippen molar-refractivity contribution in [1.82, 2.24) is 0 Å². The van der Waals surface area contributed by atoms with Crippen LogP contribution in [0.25, 0.3) is 0 Å². The summed E-state index contributed by atoms with van der Waals surface area (Å²) in [5, 5.41) is 9.39. The molecule has 88 valence electrons. The summed E-state index contributed by atoms with van der Waals surface area (Å²) >= 11 is 0. The first-order chi connectivity index (χ1) is 7.12. The summed E-state index contributed by atoms with van der Waals surface area (Å²) in [5.41, 5.74) is 0. The molecule has 15 heavy (non-hydrogen) atoms. The molecule has 0 amide bonds. The molecule has 0 spiro atoms. The second-order valence-electron chi connectivity index (χ2n) is 3.99. The minimum Gasteiger partial charge on any atom is -0.362 e. The molecule has 1 N–H and O–H groups in total. The lowest BCUT2D eigenvalue weighted by Gasteiger charge is -2.18. The molecule has 0 rings (SSSR count). The van der Waals surface area contributed by atoms with E-state index in [-0.39, 0.29) is 12.8 Å². The summed E-state index contributed by atoms with van der Waals surface area (Å²) in [6, 6.07) is 0. The number of aliphatic hydroxyl groups is 1. The maximum atomic E-state index is 13.4. The van der Waals surface area contributed by atoms with Crippen molar-refractivity contribution in [2.75, 3.05) is 0 Å². The maximum absolute atomic E-state index is 13.4. The van der Waals surface area contributed by atoms with Crippen LogP contribution in [0, 0.1) is 0 Å². The Kier molecular flexibility index (Phi) is 8.30. The number of allylic oxidation sites excluding steroid dienone is 2. The molecule has 1 nitrogen and oxygen atoms in total. The monoisotopic (exact) mass is 214 g/mol. The number of halogens is 1. The second kappa shape index (κ2) is 8.66. The summed E-state index contributed by atoms with van der Waals surface area (Å²) in [5.74, 6) is -1.97. The van der Waals surface area contributed by atoms with Gasteiger partial charge in [0.1, 0.15) is 0 Å². The fraction of sp³-hybridized carbons (Fsp3) is 0.692. The van der Waals surface area contributed by atoms with Gasteiger partial charge in [0.25, 0.3) is 0 Å². The van der Waals surface area contributed by atoms with Gasteiger partial charge in [0.15, 0.2) is 0 Å². The van der Waals surface area contributed by atoms with E-state index in [1.54, 1.807) is 0 Å². The third-order valence-corrected chi connectivity index (χ3v) is 2.44. The Hall–Kier alpha value is -0.630. The highest BCUT2D eigenvalue weighted by Gasteiger charge is 2.23. The van der Waals surface area contributed by atoms with Gasteiger partial charge in [-0.25, -0.2) is 4.39 Å². The van der Waals surface area contributed by atoms with Gasteiger partial charge in [-0.05, 0) is 38.5 Å². The van der Waals surface area contributed by atoms with Crippen molar-refractivity contribution in [3.63, 3.8) is 0 Å². The molecule has 0 aromatic rings. The molecule has 0 radical (unpaired) electrons. The highest BCUT2D eigenvalue weighted by molar-refractivity contribution is 4.71. The molecule has 0 aliphatic heterocycles. The van der Waals surface area contributed by atoms with Crippen molar-refractivity contribution in [2.45, 2.75) is 57.2 Å². The molecule has 0 saturated carbocycles. The fourth-order valence-corrected chi connectivity index (χ4v) is 1.49. The van der Waals surface area contributed by atoms with Crippen molar-refractivity contribution in [3.05, 3.63) is 25.3 Å². The summed E-state index contributed by atoms with van der Waals surface area (Å²) in [6.07, 6.45) is 9.18. The van der Waals surface area contributed by atoms with Gasteiger partial charge in [-0.15, -0.1) is 13.2 Å². The Morgan fingerprint density at radius 2 is 1.33 bits per heavy atom. The number of unbranched alkanes of at least 4 members (excludes halogenated alkanes) is 4. The molecule has 0 atom stereocenters. The predicted octanol–water partition coefficient (Wildman–Crippen LogP) is 4.14. The van der Waals surface area contributed by atoms with E-state index in [1.807, 2.05) is 12.2 Å². The fourth-order valence-electron chi connectivity index (χ4n) is 1.49. The molecule has 0 aliphatic rings. The Morgan fingerprint density at radius 3 is 1.67 bits per heavy atom. The van der Waals surface area contributed by atoms with E-state index in [2.05, 4.69) is 13.2 Å². The Bertz CT molecular complexity index is 157. The third kappa shape index (κ3) is 9.67. The van der Waals surface area contributed by atoms with Crippen LogP contribution in [0.4, 0.5) is 4.39 Å². The third-order valence-electron chi connectivity index (χ3n) is 2.44. The minimum atomic E-state index is -1.97. The first kappa shape index (κ1) is 14.4. The van der Waals surface area contributed by atoms with Gasteiger partial charge in [0.2, 0.25) is 5.85 Å². The van der Waals surface area contributed by atoms with E-state index >= 15 is 0 Å². The van der Waals surface area contributed by atoms with Gasteiger partial charge < -0.3 is 5.11 Å². The van der Waals surface area contributed by atoms with Crippen LogP contribution in [0.1, 0.15) is 51.4 Å². The van der Waals surface area contributed by atoms with Crippen LogP contribution in [0.5, 0.6) is 0 Å². The lowest BCUT2D eigenvalue weighted by Crippen LogP contribution is -2.21. The molecule has 0 bridgehead atoms. The van der Waals surface area contributed by atoms with E-state index in [0.29, 0.717) is 0 Å². The average Bonchev–Trinajstić information content (AvgIpc) is 2.20. The first-order valence-corrected chi connectivity index (χ1v) is 5.75. The minimum absolute atomic E-state index is 0.245. The summed E-state index contributed by atoms with van der Waals surface area (Å²) < 4.78 is 13.4. The van der Waals surface area contributed by atoms with Crippen molar-refractivity contribution >= 4 is 0 Å². The summed E-state index contributed by atoms with van der Waals surface area (Å²) in [6.45, 7) is 7.20. The molecule has 0 heterocycles. The van der Waals surface area contributed by atoms with E-state index in [4.69, 9.17) is 0 Å². The number of alkyl halides is 1.